The highest BCUT2D eigenvalue weighted by atomic mass is 16.3. The van der Waals surface area contributed by atoms with Crippen LogP contribution in [0, 0.1) is 28.6 Å². The van der Waals surface area contributed by atoms with E-state index in [9.17, 15) is 9.90 Å². The molecule has 0 bridgehead atoms. The van der Waals surface area contributed by atoms with Crippen molar-refractivity contribution in [2.75, 3.05) is 13.1 Å². The number of hydrogen-bond donors (Lipinski definition) is 1. The molecule has 0 unspecified atom stereocenters. The zero-order valence-electron chi connectivity index (χ0n) is 17.8. The lowest BCUT2D eigenvalue weighted by molar-refractivity contribution is -0.125. The summed E-state index contributed by atoms with van der Waals surface area (Å²) in [7, 11) is 0. The Kier molecular flexibility index (Phi) is 4.54. The Morgan fingerprint density at radius 2 is 1.82 bits per heavy atom. The van der Waals surface area contributed by atoms with Crippen molar-refractivity contribution in [3.63, 3.8) is 0 Å². The van der Waals surface area contributed by atoms with Gasteiger partial charge >= 0.3 is 0 Å². The Labute approximate surface area is 170 Å². The average Bonchev–Trinajstić information content (AvgIpc) is 3.31. The second-order valence-corrected chi connectivity index (χ2v) is 10.9. The van der Waals surface area contributed by atoms with Gasteiger partial charge in [0, 0.05) is 19.2 Å². The molecular weight excluding hydrogens is 346 g/mol. The van der Waals surface area contributed by atoms with Crippen molar-refractivity contribution in [1.29, 1.82) is 0 Å². The first-order valence-electron chi connectivity index (χ1n) is 11.8. The number of aliphatic hydroxyl groups is 1. The second-order valence-electron chi connectivity index (χ2n) is 10.9. The predicted molar refractivity (Wildman–Crippen MR) is 112 cm³/mol. The first kappa shape index (κ1) is 18.9. The minimum Gasteiger partial charge on any atom is -0.393 e. The maximum atomic E-state index is 12.8. The maximum absolute atomic E-state index is 12.8. The van der Waals surface area contributed by atoms with Crippen molar-refractivity contribution in [3.05, 3.63) is 23.3 Å². The highest BCUT2D eigenvalue weighted by molar-refractivity contribution is 5.88. The van der Waals surface area contributed by atoms with Gasteiger partial charge in [-0.25, -0.2) is 0 Å². The summed E-state index contributed by atoms with van der Waals surface area (Å²) in [5.41, 5.74) is 3.54. The molecule has 0 radical (unpaired) electrons. The lowest BCUT2D eigenvalue weighted by Crippen LogP contribution is -2.49. The SMILES string of the molecule is C[C@]12CC[C@H](O)CC1=CC[C@@H]1[C@@H]2CC[C@]2(C)/C(=C/C(=O)N3CCCC3)CC[C@@H]12. The molecular formula is C25H37NO2. The average molecular weight is 384 g/mol. The predicted octanol–water partition coefficient (Wildman–Crippen LogP) is 4.86. The van der Waals surface area contributed by atoms with Gasteiger partial charge < -0.3 is 10.0 Å². The van der Waals surface area contributed by atoms with Gasteiger partial charge in [-0.15, -0.1) is 0 Å². The third-order valence-corrected chi connectivity index (χ3v) is 9.64. The van der Waals surface area contributed by atoms with Crippen molar-refractivity contribution in [1.82, 2.24) is 4.90 Å². The van der Waals surface area contributed by atoms with Crippen LogP contribution in [0.1, 0.15) is 78.1 Å². The summed E-state index contributed by atoms with van der Waals surface area (Å²) in [6.07, 6.45) is 15.9. The second kappa shape index (κ2) is 6.72. The number of amides is 1. The van der Waals surface area contributed by atoms with Crippen molar-refractivity contribution in [2.24, 2.45) is 28.6 Å². The van der Waals surface area contributed by atoms with E-state index in [0.29, 0.717) is 5.41 Å². The van der Waals surface area contributed by atoms with E-state index in [1.54, 1.807) is 5.57 Å². The van der Waals surface area contributed by atoms with Crippen LogP contribution < -0.4 is 0 Å². The van der Waals surface area contributed by atoms with Crippen LogP contribution in [0.2, 0.25) is 0 Å². The van der Waals surface area contributed by atoms with Gasteiger partial charge in [0.05, 0.1) is 6.10 Å². The largest absolute Gasteiger partial charge is 0.393 e. The molecule has 0 aromatic heterocycles. The van der Waals surface area contributed by atoms with Crippen LogP contribution in [-0.4, -0.2) is 35.1 Å². The molecule has 1 saturated heterocycles. The molecule has 3 saturated carbocycles. The van der Waals surface area contributed by atoms with E-state index in [4.69, 9.17) is 0 Å². The maximum Gasteiger partial charge on any atom is 0.246 e. The van der Waals surface area contributed by atoms with Crippen LogP contribution in [0.25, 0.3) is 0 Å². The van der Waals surface area contributed by atoms with Crippen molar-refractivity contribution >= 4 is 5.91 Å². The fourth-order valence-electron chi connectivity index (χ4n) is 7.90. The van der Waals surface area contributed by atoms with Gasteiger partial charge in [0.2, 0.25) is 5.91 Å². The van der Waals surface area contributed by atoms with E-state index < -0.39 is 0 Å². The van der Waals surface area contributed by atoms with Crippen LogP contribution >= 0.6 is 0 Å². The highest BCUT2D eigenvalue weighted by Gasteiger charge is 2.57. The molecule has 0 aromatic carbocycles. The summed E-state index contributed by atoms with van der Waals surface area (Å²) in [6.45, 7) is 6.86. The lowest BCUT2D eigenvalue weighted by atomic mass is 9.48. The molecule has 4 aliphatic carbocycles. The Balaban J connectivity index is 1.40. The molecule has 6 atom stereocenters. The topological polar surface area (TPSA) is 40.5 Å². The molecule has 154 valence electrons. The minimum absolute atomic E-state index is 0.123. The summed E-state index contributed by atoms with van der Waals surface area (Å²) in [5.74, 6) is 2.53. The summed E-state index contributed by atoms with van der Waals surface area (Å²) < 4.78 is 0. The van der Waals surface area contributed by atoms with Crippen molar-refractivity contribution in [2.45, 2.75) is 84.2 Å². The molecule has 3 heteroatoms. The first-order valence-corrected chi connectivity index (χ1v) is 11.8. The summed E-state index contributed by atoms with van der Waals surface area (Å²) in [5, 5.41) is 10.2. The molecule has 0 spiro atoms. The fourth-order valence-corrected chi connectivity index (χ4v) is 7.90. The zero-order valence-corrected chi connectivity index (χ0v) is 17.8. The van der Waals surface area contributed by atoms with Gasteiger partial charge in [0.15, 0.2) is 0 Å². The Hall–Kier alpha value is -1.09. The number of fused-ring (bicyclic) bond motifs is 5. The first-order chi connectivity index (χ1) is 13.4. The third-order valence-electron chi connectivity index (χ3n) is 9.64. The van der Waals surface area contributed by atoms with Crippen LogP contribution in [0.15, 0.2) is 23.3 Å². The van der Waals surface area contributed by atoms with E-state index in [-0.39, 0.29) is 17.4 Å². The Bertz CT molecular complexity index is 718. The minimum atomic E-state index is -0.123. The van der Waals surface area contributed by atoms with E-state index >= 15 is 0 Å². The van der Waals surface area contributed by atoms with Gasteiger partial charge in [0.1, 0.15) is 0 Å². The smallest absolute Gasteiger partial charge is 0.246 e. The number of hydrogen-bond acceptors (Lipinski definition) is 2. The molecule has 0 aromatic rings. The van der Waals surface area contributed by atoms with E-state index in [0.717, 1.165) is 56.5 Å². The number of carbonyl (C=O) groups is 1. The van der Waals surface area contributed by atoms with E-state index in [2.05, 4.69) is 30.9 Å². The molecule has 1 heterocycles. The molecule has 5 rings (SSSR count). The summed E-state index contributed by atoms with van der Waals surface area (Å²) in [4.78, 5) is 14.8. The van der Waals surface area contributed by atoms with Crippen LogP contribution in [0.5, 0.6) is 0 Å². The molecule has 1 aliphatic heterocycles. The van der Waals surface area contributed by atoms with Crippen LogP contribution in [-0.2, 0) is 4.79 Å². The van der Waals surface area contributed by atoms with Crippen molar-refractivity contribution in [3.8, 4) is 0 Å². The van der Waals surface area contributed by atoms with Gasteiger partial charge in [-0.05, 0) is 92.8 Å². The standard InChI is InChI=1S/C25H37NO2/c1-24-11-9-19(27)15-17(24)5-7-20-21-8-6-18(25(21,2)12-10-22(20)24)16-23(28)26-13-3-4-14-26/h5,16,19-22,27H,3-4,6-15H2,1-2H3/b18-16+/t19-,20-,21-,22-,24-,25+/m0/s1. The molecule has 1 N–H and O–H groups in total. The molecule has 1 amide bonds. The van der Waals surface area contributed by atoms with E-state index in [1.807, 2.05) is 0 Å². The molecule has 3 nitrogen and oxygen atoms in total. The van der Waals surface area contributed by atoms with Crippen LogP contribution in [0.4, 0.5) is 0 Å². The van der Waals surface area contributed by atoms with Gasteiger partial charge in [-0.3, -0.25) is 4.79 Å². The van der Waals surface area contributed by atoms with Crippen molar-refractivity contribution < 1.29 is 9.90 Å². The number of rotatable bonds is 1. The number of likely N-dealkylation sites (tertiary alicyclic amines) is 1. The molecule has 28 heavy (non-hydrogen) atoms. The quantitative estimate of drug-likeness (QED) is 0.519. The Morgan fingerprint density at radius 1 is 1.11 bits per heavy atom. The highest BCUT2D eigenvalue weighted by Crippen LogP contribution is 2.66. The molecule has 5 aliphatic rings. The van der Waals surface area contributed by atoms with Gasteiger partial charge in [-0.2, -0.15) is 0 Å². The fraction of sp³-hybridized carbons (Fsp3) is 0.800. The third kappa shape index (κ3) is 2.75. The lowest BCUT2D eigenvalue weighted by Gasteiger charge is -2.57. The molecule has 4 fully saturated rings. The van der Waals surface area contributed by atoms with E-state index in [1.165, 1.54) is 44.1 Å². The zero-order chi connectivity index (χ0) is 19.5. The number of carbonyl (C=O) groups excluding carboxylic acids is 1. The normalized spacial score (nSPS) is 46.8. The van der Waals surface area contributed by atoms with Crippen LogP contribution in [0.3, 0.4) is 0 Å². The van der Waals surface area contributed by atoms with Gasteiger partial charge in [0.25, 0.3) is 0 Å². The summed E-state index contributed by atoms with van der Waals surface area (Å²) >= 11 is 0. The van der Waals surface area contributed by atoms with Gasteiger partial charge in [-0.1, -0.05) is 31.1 Å². The monoisotopic (exact) mass is 383 g/mol. The Morgan fingerprint density at radius 3 is 2.61 bits per heavy atom. The number of nitrogens with zero attached hydrogens (tertiary/aromatic N) is 1. The summed E-state index contributed by atoms with van der Waals surface area (Å²) in [6, 6.07) is 0. The number of allylic oxidation sites excluding steroid dienone is 2. The number of aliphatic hydroxyl groups excluding tert-OH is 1.